The smallest absolute Gasteiger partial charge is 0.314 e. The summed E-state index contributed by atoms with van der Waals surface area (Å²) in [7, 11) is 0. The quantitative estimate of drug-likeness (QED) is 0.531. The molecule has 2 bridgehead atoms. The highest BCUT2D eigenvalue weighted by atomic mass is 16.7. The lowest BCUT2D eigenvalue weighted by Gasteiger charge is -2.29. The second-order valence-corrected chi connectivity index (χ2v) is 5.46. The topological polar surface area (TPSA) is 35.5 Å². The highest BCUT2D eigenvalue weighted by Gasteiger charge is 2.51. The molecule has 2 aliphatic carbocycles. The van der Waals surface area contributed by atoms with E-state index in [2.05, 4.69) is 12.2 Å². The monoisotopic (exact) mass is 222 g/mol. The first-order valence-corrected chi connectivity index (χ1v) is 6.19. The Kier molecular flexibility index (Phi) is 2.32. The van der Waals surface area contributed by atoms with Crippen molar-refractivity contribution in [1.29, 1.82) is 0 Å². The highest BCUT2D eigenvalue weighted by molar-refractivity contribution is 5.78. The molecule has 0 spiro atoms. The summed E-state index contributed by atoms with van der Waals surface area (Å²) in [6.45, 7) is 2.76. The van der Waals surface area contributed by atoms with E-state index in [1.54, 1.807) is 0 Å². The lowest BCUT2D eigenvalue weighted by atomic mass is 9.78. The molecule has 0 aromatic heterocycles. The zero-order valence-electron chi connectivity index (χ0n) is 9.65. The van der Waals surface area contributed by atoms with Crippen molar-refractivity contribution in [3.63, 3.8) is 0 Å². The number of hydrogen-bond donors (Lipinski definition) is 0. The molecule has 0 radical (unpaired) electrons. The summed E-state index contributed by atoms with van der Waals surface area (Å²) in [6, 6.07) is 0. The summed E-state index contributed by atoms with van der Waals surface area (Å²) in [5, 5.41) is 0. The van der Waals surface area contributed by atoms with Gasteiger partial charge in [-0.3, -0.25) is 4.79 Å². The van der Waals surface area contributed by atoms with Crippen molar-refractivity contribution in [1.82, 2.24) is 0 Å². The molecule has 4 atom stereocenters. The minimum atomic E-state index is -0.300. The van der Waals surface area contributed by atoms with E-state index in [1.165, 1.54) is 0 Å². The van der Waals surface area contributed by atoms with E-state index in [-0.39, 0.29) is 17.7 Å². The number of esters is 1. The summed E-state index contributed by atoms with van der Waals surface area (Å²) in [4.78, 5) is 12.2. The summed E-state index contributed by atoms with van der Waals surface area (Å²) in [6.07, 6.45) is 8.06. The zero-order chi connectivity index (χ0) is 11.2. The molecule has 1 saturated carbocycles. The molecule has 0 amide bonds. The maximum absolute atomic E-state index is 12.2. The summed E-state index contributed by atoms with van der Waals surface area (Å²) in [5.74, 6) is 0.912. The number of fused-ring (bicyclic) bond motifs is 2. The molecular weight excluding hydrogens is 204 g/mol. The largest absolute Gasteiger partial charge is 0.435 e. The third-order valence-corrected chi connectivity index (χ3v) is 4.27. The van der Waals surface area contributed by atoms with Crippen molar-refractivity contribution in [2.24, 2.45) is 17.3 Å². The Morgan fingerprint density at radius 3 is 2.94 bits per heavy atom. The number of carbonyl (C=O) groups excluding carboxylic acids is 1. The van der Waals surface area contributed by atoms with Crippen LogP contribution >= 0.6 is 0 Å². The number of rotatable bonds is 2. The van der Waals surface area contributed by atoms with Crippen LogP contribution in [0.4, 0.5) is 0 Å². The maximum atomic E-state index is 12.2. The number of hydrogen-bond acceptors (Lipinski definition) is 3. The fourth-order valence-electron chi connectivity index (χ4n) is 3.22. The lowest BCUT2D eigenvalue weighted by Crippen LogP contribution is -2.36. The van der Waals surface area contributed by atoms with Crippen LogP contribution in [0.15, 0.2) is 12.2 Å². The van der Waals surface area contributed by atoms with Gasteiger partial charge in [0.25, 0.3) is 0 Å². The van der Waals surface area contributed by atoms with E-state index < -0.39 is 0 Å². The van der Waals surface area contributed by atoms with Gasteiger partial charge in [-0.25, -0.2) is 0 Å². The minimum absolute atomic E-state index is 0.0590. The van der Waals surface area contributed by atoms with E-state index in [9.17, 15) is 4.79 Å². The molecule has 2 fully saturated rings. The Hall–Kier alpha value is -0.830. The molecule has 1 heterocycles. The van der Waals surface area contributed by atoms with Crippen LogP contribution in [0.2, 0.25) is 0 Å². The average molecular weight is 222 g/mol. The van der Waals surface area contributed by atoms with Crippen LogP contribution in [0.1, 0.15) is 32.6 Å². The molecular formula is C13H18O3. The standard InChI is InChI=1S/C13H18O3/c1-13(8-9-4-5-10(13)7-9)12(14)16-11-3-2-6-15-11/h4-5,9-11H,2-3,6-8H2,1H3. The Balaban J connectivity index is 1.68. The van der Waals surface area contributed by atoms with Crippen LogP contribution in [-0.2, 0) is 14.3 Å². The number of allylic oxidation sites excluding steroid dienone is 2. The first-order valence-electron chi connectivity index (χ1n) is 6.19. The molecule has 0 aromatic carbocycles. The van der Waals surface area contributed by atoms with E-state index in [0.717, 1.165) is 32.3 Å². The second-order valence-electron chi connectivity index (χ2n) is 5.46. The second kappa shape index (κ2) is 3.59. The molecule has 16 heavy (non-hydrogen) atoms. The van der Waals surface area contributed by atoms with Crippen molar-refractivity contribution in [2.45, 2.75) is 38.9 Å². The molecule has 1 saturated heterocycles. The molecule has 1 aliphatic heterocycles. The van der Waals surface area contributed by atoms with Crippen molar-refractivity contribution in [3.05, 3.63) is 12.2 Å². The first-order chi connectivity index (χ1) is 7.68. The number of carbonyl (C=O) groups is 1. The van der Waals surface area contributed by atoms with E-state index in [1.807, 2.05) is 6.92 Å². The van der Waals surface area contributed by atoms with Crippen molar-refractivity contribution >= 4 is 5.97 Å². The summed E-state index contributed by atoms with van der Waals surface area (Å²) >= 11 is 0. The van der Waals surface area contributed by atoms with Crippen LogP contribution in [-0.4, -0.2) is 18.9 Å². The van der Waals surface area contributed by atoms with E-state index in [4.69, 9.17) is 9.47 Å². The Morgan fingerprint density at radius 2 is 2.38 bits per heavy atom. The van der Waals surface area contributed by atoms with E-state index in [0.29, 0.717) is 11.8 Å². The van der Waals surface area contributed by atoms with Crippen molar-refractivity contribution < 1.29 is 14.3 Å². The van der Waals surface area contributed by atoms with Gasteiger partial charge in [0, 0.05) is 6.42 Å². The predicted molar refractivity (Wildman–Crippen MR) is 58.5 cm³/mol. The van der Waals surface area contributed by atoms with Gasteiger partial charge in [-0.1, -0.05) is 12.2 Å². The van der Waals surface area contributed by atoms with Gasteiger partial charge in [-0.15, -0.1) is 0 Å². The average Bonchev–Trinajstić information content (AvgIpc) is 2.92. The van der Waals surface area contributed by atoms with Gasteiger partial charge < -0.3 is 9.47 Å². The van der Waals surface area contributed by atoms with Crippen LogP contribution in [0, 0.1) is 17.3 Å². The summed E-state index contributed by atoms with van der Waals surface area (Å²) < 4.78 is 10.8. The van der Waals surface area contributed by atoms with Crippen LogP contribution in [0.3, 0.4) is 0 Å². The highest BCUT2D eigenvalue weighted by Crippen LogP contribution is 2.52. The minimum Gasteiger partial charge on any atom is -0.435 e. The van der Waals surface area contributed by atoms with Crippen molar-refractivity contribution in [2.75, 3.05) is 6.61 Å². The third-order valence-electron chi connectivity index (χ3n) is 4.27. The van der Waals surface area contributed by atoms with Crippen molar-refractivity contribution in [3.8, 4) is 0 Å². The molecule has 0 N–H and O–H groups in total. The third kappa shape index (κ3) is 1.49. The van der Waals surface area contributed by atoms with Crippen LogP contribution in [0.5, 0.6) is 0 Å². The van der Waals surface area contributed by atoms with Gasteiger partial charge in [-0.05, 0) is 38.0 Å². The summed E-state index contributed by atoms with van der Waals surface area (Å²) in [5.41, 5.74) is -0.300. The van der Waals surface area contributed by atoms with Gasteiger partial charge in [0.15, 0.2) is 0 Å². The fraction of sp³-hybridized carbons (Fsp3) is 0.769. The normalized spacial score (nSPS) is 45.2. The SMILES string of the molecule is CC1(C(=O)OC2CCCO2)CC2C=CC1C2. The molecule has 3 rings (SSSR count). The predicted octanol–water partition coefficient (Wildman–Crippen LogP) is 2.27. The first kappa shape index (κ1) is 10.3. The van der Waals surface area contributed by atoms with Crippen LogP contribution < -0.4 is 0 Å². The van der Waals surface area contributed by atoms with Gasteiger partial charge in [0.1, 0.15) is 0 Å². The molecule has 3 aliphatic rings. The zero-order valence-corrected chi connectivity index (χ0v) is 9.65. The van der Waals surface area contributed by atoms with Gasteiger partial charge in [-0.2, -0.15) is 0 Å². The Bertz CT molecular complexity index is 330. The molecule has 3 heteroatoms. The maximum Gasteiger partial charge on any atom is 0.314 e. The lowest BCUT2D eigenvalue weighted by molar-refractivity contribution is -0.182. The van der Waals surface area contributed by atoms with Gasteiger partial charge in [0.05, 0.1) is 12.0 Å². The number of ether oxygens (including phenoxy) is 2. The molecule has 4 unspecified atom stereocenters. The van der Waals surface area contributed by atoms with E-state index >= 15 is 0 Å². The Labute approximate surface area is 95.8 Å². The van der Waals surface area contributed by atoms with Gasteiger partial charge in [0.2, 0.25) is 6.29 Å². The molecule has 3 nitrogen and oxygen atoms in total. The fourth-order valence-corrected chi connectivity index (χ4v) is 3.22. The Morgan fingerprint density at radius 1 is 1.50 bits per heavy atom. The molecule has 88 valence electrons. The van der Waals surface area contributed by atoms with Gasteiger partial charge >= 0.3 is 5.97 Å². The molecule has 0 aromatic rings. The van der Waals surface area contributed by atoms with Crippen LogP contribution in [0.25, 0.3) is 0 Å².